The summed E-state index contributed by atoms with van der Waals surface area (Å²) in [6, 6.07) is 4.13. The van der Waals surface area contributed by atoms with E-state index in [9.17, 15) is 4.79 Å². The van der Waals surface area contributed by atoms with Gasteiger partial charge in [-0.05, 0) is 36.2 Å². The lowest BCUT2D eigenvalue weighted by atomic mass is 9.77. The lowest BCUT2D eigenvalue weighted by Crippen LogP contribution is -2.56. The smallest absolute Gasteiger partial charge is 0.237 e. The Hall–Kier alpha value is -0.870. The van der Waals surface area contributed by atoms with E-state index in [4.69, 9.17) is 0 Å². The van der Waals surface area contributed by atoms with E-state index in [1.165, 1.54) is 4.88 Å². The molecule has 0 aromatic carbocycles. The first-order chi connectivity index (χ1) is 9.33. The minimum atomic E-state index is -0.0737. The van der Waals surface area contributed by atoms with Crippen LogP contribution in [0.2, 0.25) is 0 Å². The average molecular weight is 294 g/mol. The van der Waals surface area contributed by atoms with Gasteiger partial charge in [-0.1, -0.05) is 33.8 Å². The van der Waals surface area contributed by atoms with Gasteiger partial charge in [0.2, 0.25) is 5.91 Å². The van der Waals surface area contributed by atoms with Crippen LogP contribution in [0.1, 0.15) is 45.4 Å². The van der Waals surface area contributed by atoms with Gasteiger partial charge in [0.1, 0.15) is 0 Å². The molecule has 3 nitrogen and oxygen atoms in total. The first kappa shape index (κ1) is 15.5. The van der Waals surface area contributed by atoms with Gasteiger partial charge < -0.3 is 10.6 Å². The Morgan fingerprint density at radius 1 is 1.55 bits per heavy atom. The molecule has 112 valence electrons. The van der Waals surface area contributed by atoms with Gasteiger partial charge in [-0.15, -0.1) is 11.3 Å². The van der Waals surface area contributed by atoms with Gasteiger partial charge in [-0.25, -0.2) is 0 Å². The number of rotatable bonds is 4. The van der Waals surface area contributed by atoms with Gasteiger partial charge in [0.15, 0.2) is 0 Å². The van der Waals surface area contributed by atoms with Crippen molar-refractivity contribution in [2.75, 3.05) is 13.1 Å². The fourth-order valence-electron chi connectivity index (χ4n) is 2.82. The largest absolute Gasteiger partial charge is 0.354 e. The molecule has 4 heteroatoms. The van der Waals surface area contributed by atoms with Crippen LogP contribution in [0, 0.1) is 5.41 Å². The van der Waals surface area contributed by atoms with Crippen LogP contribution in [0.15, 0.2) is 17.5 Å². The maximum atomic E-state index is 12.5. The molecule has 0 saturated carbocycles. The summed E-state index contributed by atoms with van der Waals surface area (Å²) >= 11 is 1.75. The normalized spacial score (nSPS) is 22.5. The van der Waals surface area contributed by atoms with E-state index >= 15 is 0 Å². The van der Waals surface area contributed by atoms with Crippen molar-refractivity contribution in [1.29, 1.82) is 0 Å². The highest BCUT2D eigenvalue weighted by Crippen LogP contribution is 2.31. The molecule has 1 atom stereocenters. The molecule has 20 heavy (non-hydrogen) atoms. The topological polar surface area (TPSA) is 41.1 Å². The second kappa shape index (κ2) is 5.86. The lowest BCUT2D eigenvalue weighted by molar-refractivity contribution is -0.127. The van der Waals surface area contributed by atoms with E-state index in [0.29, 0.717) is 6.54 Å². The van der Waals surface area contributed by atoms with Crippen LogP contribution in [0.25, 0.3) is 0 Å². The molecule has 2 heterocycles. The zero-order chi connectivity index (χ0) is 14.8. The van der Waals surface area contributed by atoms with Crippen molar-refractivity contribution in [3.05, 3.63) is 22.4 Å². The van der Waals surface area contributed by atoms with Crippen LogP contribution in [-0.4, -0.2) is 25.0 Å². The number of carbonyl (C=O) groups excluding carboxylic acids is 1. The number of nitrogens with one attached hydrogen (secondary N) is 2. The van der Waals surface area contributed by atoms with E-state index in [1.807, 2.05) is 0 Å². The average Bonchev–Trinajstić information content (AvgIpc) is 2.90. The van der Waals surface area contributed by atoms with E-state index < -0.39 is 0 Å². The second-order valence-corrected chi connectivity index (χ2v) is 8.01. The minimum absolute atomic E-state index is 0.0113. The van der Waals surface area contributed by atoms with Crippen molar-refractivity contribution in [1.82, 2.24) is 10.6 Å². The number of piperidine rings is 1. The lowest BCUT2D eigenvalue weighted by Gasteiger charge is -2.38. The maximum absolute atomic E-state index is 12.5. The summed E-state index contributed by atoms with van der Waals surface area (Å²) < 4.78 is 0. The Morgan fingerprint density at radius 2 is 2.30 bits per heavy atom. The molecule has 1 aromatic rings. The van der Waals surface area contributed by atoms with Gasteiger partial charge in [-0.3, -0.25) is 4.79 Å². The number of thiophene rings is 1. The zero-order valence-electron chi connectivity index (χ0n) is 13.0. The molecule has 1 aromatic heterocycles. The third-order valence-electron chi connectivity index (χ3n) is 4.28. The van der Waals surface area contributed by atoms with Crippen molar-refractivity contribution in [3.8, 4) is 0 Å². The summed E-state index contributed by atoms with van der Waals surface area (Å²) in [6.07, 6.45) is 2.25. The highest BCUT2D eigenvalue weighted by atomic mass is 32.1. The number of hydrogen-bond acceptors (Lipinski definition) is 3. The molecule has 1 amide bonds. The summed E-state index contributed by atoms with van der Waals surface area (Å²) in [5.74, 6) is 0.138. The summed E-state index contributed by atoms with van der Waals surface area (Å²) in [4.78, 5) is 13.8. The molecule has 0 spiro atoms. The molecular weight excluding hydrogens is 268 g/mol. The molecule has 1 unspecified atom stereocenters. The molecular formula is C16H26N2OS. The van der Waals surface area contributed by atoms with E-state index in [-0.39, 0.29) is 22.8 Å². The van der Waals surface area contributed by atoms with Gasteiger partial charge in [0.05, 0.1) is 6.04 Å². The third-order valence-corrected chi connectivity index (χ3v) is 5.52. The van der Waals surface area contributed by atoms with Crippen LogP contribution < -0.4 is 10.6 Å². The van der Waals surface area contributed by atoms with E-state index in [2.05, 4.69) is 55.8 Å². The van der Waals surface area contributed by atoms with Crippen LogP contribution in [0.5, 0.6) is 0 Å². The standard InChI is InChI=1S/C16H26N2OS/c1-15(2)8-6-9-17-13(15)14(19)18-11-16(3,4)12-7-5-10-20-12/h5,7,10,13,17H,6,8-9,11H2,1-4H3,(H,18,19). The fourth-order valence-corrected chi connectivity index (χ4v) is 3.67. The quantitative estimate of drug-likeness (QED) is 0.896. The van der Waals surface area contributed by atoms with Gasteiger partial charge in [0.25, 0.3) is 0 Å². The Labute approximate surface area is 126 Å². The highest BCUT2D eigenvalue weighted by Gasteiger charge is 2.37. The van der Waals surface area contributed by atoms with Gasteiger partial charge >= 0.3 is 0 Å². The van der Waals surface area contributed by atoms with Crippen molar-refractivity contribution in [3.63, 3.8) is 0 Å². The van der Waals surface area contributed by atoms with Crippen molar-refractivity contribution in [2.45, 2.75) is 52.0 Å². The van der Waals surface area contributed by atoms with Crippen LogP contribution >= 0.6 is 11.3 Å². The van der Waals surface area contributed by atoms with Crippen LogP contribution in [-0.2, 0) is 10.2 Å². The van der Waals surface area contributed by atoms with E-state index in [1.54, 1.807) is 11.3 Å². The number of carbonyl (C=O) groups is 1. The Balaban J connectivity index is 1.95. The molecule has 1 saturated heterocycles. The molecule has 0 aliphatic carbocycles. The Bertz CT molecular complexity index is 451. The predicted molar refractivity (Wildman–Crippen MR) is 85.2 cm³/mol. The molecule has 1 fully saturated rings. The summed E-state index contributed by atoms with van der Waals surface area (Å²) in [5.41, 5.74) is 0.0258. The molecule has 0 bridgehead atoms. The Kier molecular flexibility index (Phi) is 4.55. The first-order valence-corrected chi connectivity index (χ1v) is 8.26. The molecule has 1 aliphatic rings. The zero-order valence-corrected chi connectivity index (χ0v) is 13.8. The van der Waals surface area contributed by atoms with Crippen LogP contribution in [0.3, 0.4) is 0 Å². The molecule has 2 N–H and O–H groups in total. The Morgan fingerprint density at radius 3 is 2.90 bits per heavy atom. The van der Waals surface area contributed by atoms with Gasteiger partial charge in [0, 0.05) is 16.8 Å². The van der Waals surface area contributed by atoms with Crippen LogP contribution in [0.4, 0.5) is 0 Å². The molecule has 0 radical (unpaired) electrons. The minimum Gasteiger partial charge on any atom is -0.354 e. The first-order valence-electron chi connectivity index (χ1n) is 7.38. The fraction of sp³-hybridized carbons (Fsp3) is 0.688. The SMILES string of the molecule is CC(C)(CNC(=O)C1NCCCC1(C)C)c1cccs1. The van der Waals surface area contributed by atoms with Crippen molar-refractivity contribution in [2.24, 2.45) is 5.41 Å². The summed E-state index contributed by atoms with van der Waals surface area (Å²) in [6.45, 7) is 10.3. The van der Waals surface area contributed by atoms with Crippen molar-refractivity contribution >= 4 is 17.2 Å². The molecule has 2 rings (SSSR count). The second-order valence-electron chi connectivity index (χ2n) is 7.06. The number of hydrogen-bond donors (Lipinski definition) is 2. The maximum Gasteiger partial charge on any atom is 0.237 e. The predicted octanol–water partition coefficient (Wildman–Crippen LogP) is 2.92. The molecule has 1 aliphatic heterocycles. The van der Waals surface area contributed by atoms with Crippen molar-refractivity contribution < 1.29 is 4.79 Å². The monoisotopic (exact) mass is 294 g/mol. The highest BCUT2D eigenvalue weighted by molar-refractivity contribution is 7.10. The van der Waals surface area contributed by atoms with E-state index in [0.717, 1.165) is 19.4 Å². The summed E-state index contributed by atoms with van der Waals surface area (Å²) in [7, 11) is 0. The van der Waals surface area contributed by atoms with Gasteiger partial charge in [-0.2, -0.15) is 0 Å². The summed E-state index contributed by atoms with van der Waals surface area (Å²) in [5, 5.41) is 8.60. The third kappa shape index (κ3) is 3.41. The number of amides is 1.